The molecule has 0 saturated carbocycles. The second-order valence-electron chi connectivity index (χ2n) is 4.70. The zero-order chi connectivity index (χ0) is 17.7. The lowest BCUT2D eigenvalue weighted by Crippen LogP contribution is -2.25. The maximum atomic E-state index is 13.5. The lowest BCUT2D eigenvalue weighted by molar-refractivity contribution is 0.102. The van der Waals surface area contributed by atoms with Gasteiger partial charge in [-0.1, -0.05) is 0 Å². The fourth-order valence-electron chi connectivity index (χ4n) is 2.00. The van der Waals surface area contributed by atoms with Gasteiger partial charge in [-0.25, -0.2) is 8.78 Å². The first-order chi connectivity index (χ1) is 11.5. The van der Waals surface area contributed by atoms with E-state index in [0.29, 0.717) is 0 Å². The molecule has 1 heterocycles. The maximum absolute atomic E-state index is 13.5. The van der Waals surface area contributed by atoms with Crippen molar-refractivity contribution in [1.29, 1.82) is 10.5 Å². The molecular formula is C16H10F2N4O2. The summed E-state index contributed by atoms with van der Waals surface area (Å²) in [7, 11) is 0. The number of rotatable bonds is 4. The molecule has 2 aromatic rings. The van der Waals surface area contributed by atoms with Crippen LogP contribution in [0.25, 0.3) is 0 Å². The Hall–Kier alpha value is -3.52. The number of nitrogens with zero attached hydrogens (tertiary/aromatic N) is 3. The van der Waals surface area contributed by atoms with E-state index in [4.69, 9.17) is 10.5 Å². The number of nitriles is 2. The Balaban J connectivity index is 2.32. The van der Waals surface area contributed by atoms with Gasteiger partial charge in [0.05, 0.1) is 23.4 Å². The Morgan fingerprint density at radius 2 is 1.92 bits per heavy atom. The molecule has 6 nitrogen and oxygen atoms in total. The Bertz CT molecular complexity index is 939. The highest BCUT2D eigenvalue weighted by Gasteiger charge is 2.12. The van der Waals surface area contributed by atoms with E-state index in [-0.39, 0.29) is 28.9 Å². The molecule has 0 fully saturated rings. The van der Waals surface area contributed by atoms with Gasteiger partial charge in [0.25, 0.3) is 11.5 Å². The maximum Gasteiger partial charge on any atom is 0.286 e. The molecule has 0 unspecified atom stereocenters. The van der Waals surface area contributed by atoms with E-state index >= 15 is 0 Å². The number of pyridine rings is 1. The molecule has 2 rings (SSSR count). The minimum Gasteiger partial charge on any atom is -0.321 e. The van der Waals surface area contributed by atoms with Crippen LogP contribution in [0.15, 0.2) is 35.3 Å². The summed E-state index contributed by atoms with van der Waals surface area (Å²) in [6.45, 7) is -1.20. The molecule has 0 aliphatic rings. The van der Waals surface area contributed by atoms with Crippen molar-refractivity contribution in [2.75, 3.05) is 12.0 Å². The number of nitrogens with one attached hydrogen (secondary N) is 1. The molecule has 1 N–H and O–H groups in total. The molecule has 1 amide bonds. The first kappa shape index (κ1) is 16.8. The summed E-state index contributed by atoms with van der Waals surface area (Å²) in [5, 5.41) is 20.2. The minimum absolute atomic E-state index is 0.0266. The number of hydrogen-bond donors (Lipinski definition) is 1. The van der Waals surface area contributed by atoms with Crippen molar-refractivity contribution in [2.24, 2.45) is 0 Å². The average molecular weight is 328 g/mol. The van der Waals surface area contributed by atoms with Crippen molar-refractivity contribution in [3.8, 4) is 12.1 Å². The van der Waals surface area contributed by atoms with Gasteiger partial charge in [-0.3, -0.25) is 9.59 Å². The van der Waals surface area contributed by atoms with Gasteiger partial charge in [-0.05, 0) is 18.2 Å². The molecule has 0 saturated heterocycles. The Morgan fingerprint density at radius 1 is 1.21 bits per heavy atom. The molecule has 8 heteroatoms. The van der Waals surface area contributed by atoms with Crippen LogP contribution in [0, 0.1) is 28.5 Å². The predicted molar refractivity (Wildman–Crippen MR) is 80.5 cm³/mol. The van der Waals surface area contributed by atoms with Crippen LogP contribution in [0.4, 0.5) is 14.5 Å². The van der Waals surface area contributed by atoms with Crippen LogP contribution in [0.3, 0.4) is 0 Å². The third kappa shape index (κ3) is 3.45. The van der Waals surface area contributed by atoms with Crippen molar-refractivity contribution >= 4 is 11.6 Å². The number of aromatic nitrogens is 1. The van der Waals surface area contributed by atoms with Gasteiger partial charge in [0, 0.05) is 17.8 Å². The monoisotopic (exact) mass is 328 g/mol. The fraction of sp³-hybridized carbons (Fsp3) is 0.125. The highest BCUT2D eigenvalue weighted by molar-refractivity contribution is 6.04. The first-order valence-electron chi connectivity index (χ1n) is 6.71. The lowest BCUT2D eigenvalue weighted by atomic mass is 10.1. The minimum atomic E-state index is -1.13. The van der Waals surface area contributed by atoms with Gasteiger partial charge in [-0.15, -0.1) is 0 Å². The van der Waals surface area contributed by atoms with Crippen LogP contribution < -0.4 is 10.9 Å². The Kier molecular flexibility index (Phi) is 5.03. The van der Waals surface area contributed by atoms with Crippen LogP contribution in [-0.2, 0) is 6.54 Å². The largest absolute Gasteiger partial charge is 0.321 e. The highest BCUT2D eigenvalue weighted by atomic mass is 19.1. The second kappa shape index (κ2) is 7.16. The van der Waals surface area contributed by atoms with Gasteiger partial charge in [0.1, 0.15) is 18.8 Å². The number of aryl methyl sites for hydroxylation is 1. The normalized spacial score (nSPS) is 9.83. The number of anilines is 1. The topological polar surface area (TPSA) is 98.7 Å². The van der Waals surface area contributed by atoms with Gasteiger partial charge in [-0.2, -0.15) is 10.5 Å². The molecule has 0 bridgehead atoms. The van der Waals surface area contributed by atoms with Crippen LogP contribution in [0.2, 0.25) is 0 Å². The molecule has 0 aliphatic heterocycles. The summed E-state index contributed by atoms with van der Waals surface area (Å²) in [6.07, 6.45) is 1.12. The molecule has 0 radical (unpaired) electrons. The standard InChI is InChI=1S/C16H10F2N4O2/c17-3-4-22-9-13(6-14(18)16(22)24)21-15(23)10-1-2-11(7-19)12(5-10)8-20/h1-2,5-6,9H,3-4H2,(H,21,23). The van der Waals surface area contributed by atoms with Crippen molar-refractivity contribution in [3.05, 3.63) is 63.3 Å². The number of benzene rings is 1. The fourth-order valence-corrected chi connectivity index (χ4v) is 2.00. The number of hydrogen-bond acceptors (Lipinski definition) is 4. The van der Waals surface area contributed by atoms with Crippen molar-refractivity contribution in [2.45, 2.75) is 6.54 Å². The molecule has 0 atom stereocenters. The molecule has 1 aromatic carbocycles. The summed E-state index contributed by atoms with van der Waals surface area (Å²) in [5.41, 5.74) is -0.797. The second-order valence-corrected chi connectivity index (χ2v) is 4.70. The van der Waals surface area contributed by atoms with E-state index in [1.54, 1.807) is 6.07 Å². The number of carbonyl (C=O) groups excluding carboxylic acids is 1. The zero-order valence-corrected chi connectivity index (χ0v) is 12.2. The van der Waals surface area contributed by atoms with E-state index in [9.17, 15) is 18.4 Å². The Labute approximate surface area is 135 Å². The third-order valence-corrected chi connectivity index (χ3v) is 3.15. The SMILES string of the molecule is N#Cc1ccc(C(=O)Nc2cc(F)c(=O)n(CCF)c2)cc1C#N. The quantitative estimate of drug-likeness (QED) is 0.927. The van der Waals surface area contributed by atoms with E-state index in [0.717, 1.165) is 16.8 Å². The third-order valence-electron chi connectivity index (χ3n) is 3.15. The molecular weight excluding hydrogens is 318 g/mol. The van der Waals surface area contributed by atoms with E-state index in [2.05, 4.69) is 5.32 Å². The average Bonchev–Trinajstić information content (AvgIpc) is 2.58. The van der Waals surface area contributed by atoms with Crippen LogP contribution in [0.1, 0.15) is 21.5 Å². The van der Waals surface area contributed by atoms with Crippen LogP contribution in [0.5, 0.6) is 0 Å². The van der Waals surface area contributed by atoms with Gasteiger partial charge < -0.3 is 9.88 Å². The molecule has 0 spiro atoms. The van der Waals surface area contributed by atoms with Gasteiger partial charge >= 0.3 is 0 Å². The van der Waals surface area contributed by atoms with E-state index in [1.807, 2.05) is 6.07 Å². The first-order valence-corrected chi connectivity index (χ1v) is 6.71. The highest BCUT2D eigenvalue weighted by Crippen LogP contribution is 2.13. The van der Waals surface area contributed by atoms with Gasteiger partial charge in [0.15, 0.2) is 5.82 Å². The summed E-state index contributed by atoms with van der Waals surface area (Å²) in [6, 6.07) is 8.32. The van der Waals surface area contributed by atoms with Crippen LogP contribution in [-0.4, -0.2) is 17.1 Å². The molecule has 1 aromatic heterocycles. The number of halogens is 2. The Morgan fingerprint density at radius 3 is 2.54 bits per heavy atom. The van der Waals surface area contributed by atoms with E-state index < -0.39 is 24.0 Å². The van der Waals surface area contributed by atoms with Gasteiger partial charge in [0.2, 0.25) is 0 Å². The van der Waals surface area contributed by atoms with Crippen molar-refractivity contribution in [3.63, 3.8) is 0 Å². The summed E-state index contributed by atoms with van der Waals surface area (Å²) in [4.78, 5) is 23.6. The summed E-state index contributed by atoms with van der Waals surface area (Å²) in [5.74, 6) is -1.79. The summed E-state index contributed by atoms with van der Waals surface area (Å²) >= 11 is 0. The predicted octanol–water partition coefficient (Wildman–Crippen LogP) is 1.95. The molecule has 0 aliphatic carbocycles. The van der Waals surface area contributed by atoms with Crippen LogP contribution >= 0.6 is 0 Å². The molecule has 120 valence electrons. The smallest absolute Gasteiger partial charge is 0.286 e. The lowest BCUT2D eigenvalue weighted by Gasteiger charge is -2.09. The van der Waals surface area contributed by atoms with Crippen molar-refractivity contribution in [1.82, 2.24) is 4.57 Å². The summed E-state index contributed by atoms with van der Waals surface area (Å²) < 4.78 is 26.7. The zero-order valence-electron chi connectivity index (χ0n) is 12.2. The number of amides is 1. The van der Waals surface area contributed by atoms with Crippen molar-refractivity contribution < 1.29 is 13.6 Å². The number of alkyl halides is 1. The number of carbonyl (C=O) groups is 1. The molecule has 24 heavy (non-hydrogen) atoms. The van der Waals surface area contributed by atoms with E-state index in [1.165, 1.54) is 18.2 Å².